The van der Waals surface area contributed by atoms with Crippen molar-refractivity contribution < 1.29 is 0 Å². The van der Waals surface area contributed by atoms with E-state index in [1.54, 1.807) is 11.3 Å². The second-order valence-electron chi connectivity index (χ2n) is 5.98. The zero-order valence-corrected chi connectivity index (χ0v) is 13.4. The van der Waals surface area contributed by atoms with E-state index in [1.165, 1.54) is 23.3 Å². The minimum absolute atomic E-state index is 0.599. The summed E-state index contributed by atoms with van der Waals surface area (Å²) in [6, 6.07) is 0.599. The molecule has 1 aliphatic carbocycles. The topological polar surface area (TPSA) is 55.0 Å². The van der Waals surface area contributed by atoms with Gasteiger partial charge in [0.25, 0.3) is 0 Å². The highest BCUT2D eigenvalue weighted by Gasteiger charge is 2.30. The van der Waals surface area contributed by atoms with Crippen LogP contribution in [-0.4, -0.2) is 28.0 Å². The third-order valence-electron chi connectivity index (χ3n) is 4.49. The molecule has 0 amide bonds. The summed E-state index contributed by atoms with van der Waals surface area (Å²) in [5.41, 5.74) is 7.35. The summed E-state index contributed by atoms with van der Waals surface area (Å²) in [5, 5.41) is 1.04. The van der Waals surface area contributed by atoms with Crippen molar-refractivity contribution in [2.75, 3.05) is 12.8 Å². The Morgan fingerprint density at radius 3 is 2.70 bits per heavy atom. The molecule has 108 valence electrons. The zero-order valence-electron chi connectivity index (χ0n) is 12.6. The summed E-state index contributed by atoms with van der Waals surface area (Å²) in [7, 11) is 2.15. The molecule has 0 radical (unpaired) electrons. The highest BCUT2D eigenvalue weighted by molar-refractivity contribution is 7.18. The van der Waals surface area contributed by atoms with Crippen molar-refractivity contribution in [3.05, 3.63) is 16.3 Å². The van der Waals surface area contributed by atoms with Gasteiger partial charge < -0.3 is 5.73 Å². The van der Waals surface area contributed by atoms with Gasteiger partial charge in [0.2, 0.25) is 0 Å². The normalized spacial score (nSPS) is 17.1. The number of anilines is 1. The maximum absolute atomic E-state index is 6.13. The highest BCUT2D eigenvalue weighted by atomic mass is 32.1. The molecule has 2 heterocycles. The van der Waals surface area contributed by atoms with Gasteiger partial charge in [-0.25, -0.2) is 9.97 Å². The molecule has 4 nitrogen and oxygen atoms in total. The molecular weight excluding hydrogens is 268 g/mol. The quantitative estimate of drug-likeness (QED) is 0.940. The van der Waals surface area contributed by atoms with Crippen LogP contribution in [0.25, 0.3) is 10.2 Å². The lowest BCUT2D eigenvalue weighted by molar-refractivity contribution is 0.221. The van der Waals surface area contributed by atoms with Crippen LogP contribution < -0.4 is 5.73 Å². The van der Waals surface area contributed by atoms with E-state index in [0.29, 0.717) is 11.9 Å². The number of rotatable bonds is 4. The Bertz CT molecular complexity index is 645. The number of hydrogen-bond acceptors (Lipinski definition) is 5. The minimum atomic E-state index is 0.599. The van der Waals surface area contributed by atoms with E-state index in [4.69, 9.17) is 10.7 Å². The number of nitrogens with two attached hydrogens (primary N) is 1. The lowest BCUT2D eigenvalue weighted by Gasteiger charge is -2.23. The van der Waals surface area contributed by atoms with E-state index in [1.807, 2.05) is 0 Å². The summed E-state index contributed by atoms with van der Waals surface area (Å²) in [4.78, 5) is 13.9. The van der Waals surface area contributed by atoms with Crippen LogP contribution in [0.2, 0.25) is 0 Å². The van der Waals surface area contributed by atoms with Gasteiger partial charge in [-0.05, 0) is 52.1 Å². The summed E-state index contributed by atoms with van der Waals surface area (Å²) >= 11 is 1.71. The van der Waals surface area contributed by atoms with Crippen LogP contribution in [0.15, 0.2) is 0 Å². The Labute approximate surface area is 124 Å². The second-order valence-corrected chi connectivity index (χ2v) is 7.18. The van der Waals surface area contributed by atoms with Crippen molar-refractivity contribution in [1.29, 1.82) is 0 Å². The molecule has 0 saturated heterocycles. The van der Waals surface area contributed by atoms with E-state index in [-0.39, 0.29) is 0 Å². The third kappa shape index (κ3) is 2.40. The summed E-state index contributed by atoms with van der Waals surface area (Å²) in [6.07, 6.45) is 2.72. The van der Waals surface area contributed by atoms with Gasteiger partial charge in [0.15, 0.2) is 0 Å². The monoisotopic (exact) mass is 290 g/mol. The van der Waals surface area contributed by atoms with Gasteiger partial charge in [-0.2, -0.15) is 0 Å². The number of fused-ring (bicyclic) bond motifs is 1. The molecule has 1 unspecified atom stereocenters. The first-order valence-electron chi connectivity index (χ1n) is 7.19. The van der Waals surface area contributed by atoms with Gasteiger partial charge in [0, 0.05) is 10.9 Å². The zero-order chi connectivity index (χ0) is 14.4. The van der Waals surface area contributed by atoms with Gasteiger partial charge in [-0.15, -0.1) is 11.3 Å². The van der Waals surface area contributed by atoms with Crippen LogP contribution >= 0.6 is 11.3 Å². The van der Waals surface area contributed by atoms with Gasteiger partial charge in [-0.3, -0.25) is 4.90 Å². The van der Waals surface area contributed by atoms with Crippen molar-refractivity contribution in [3.8, 4) is 0 Å². The Morgan fingerprint density at radius 2 is 2.05 bits per heavy atom. The number of nitrogens with zero attached hydrogens (tertiary/aromatic N) is 3. The maximum Gasteiger partial charge on any atom is 0.146 e. The van der Waals surface area contributed by atoms with Crippen LogP contribution in [0.1, 0.15) is 36.0 Å². The molecule has 2 N–H and O–H groups in total. The van der Waals surface area contributed by atoms with Crippen molar-refractivity contribution >= 4 is 27.4 Å². The lowest BCUT2D eigenvalue weighted by Crippen LogP contribution is -2.31. The Kier molecular flexibility index (Phi) is 3.42. The largest absolute Gasteiger partial charge is 0.383 e. The van der Waals surface area contributed by atoms with E-state index in [9.17, 15) is 0 Å². The fourth-order valence-corrected chi connectivity index (χ4v) is 3.76. The predicted octanol–water partition coefficient (Wildman–Crippen LogP) is 3.12. The van der Waals surface area contributed by atoms with Crippen molar-refractivity contribution in [1.82, 2.24) is 14.9 Å². The number of hydrogen-bond donors (Lipinski definition) is 1. The van der Waals surface area contributed by atoms with Gasteiger partial charge in [-0.1, -0.05) is 0 Å². The maximum atomic E-state index is 6.13. The molecule has 1 fully saturated rings. The summed E-state index contributed by atoms with van der Waals surface area (Å²) < 4.78 is 0. The molecule has 20 heavy (non-hydrogen) atoms. The molecule has 2 aromatic heterocycles. The van der Waals surface area contributed by atoms with Crippen LogP contribution in [-0.2, 0) is 6.54 Å². The lowest BCUT2D eigenvalue weighted by atomic mass is 10.2. The smallest absolute Gasteiger partial charge is 0.146 e. The molecule has 1 atom stereocenters. The minimum Gasteiger partial charge on any atom is -0.383 e. The summed E-state index contributed by atoms with van der Waals surface area (Å²) in [6.45, 7) is 7.27. The van der Waals surface area contributed by atoms with Crippen LogP contribution in [0.4, 0.5) is 5.82 Å². The van der Waals surface area contributed by atoms with Crippen LogP contribution in [0.5, 0.6) is 0 Å². The molecule has 5 heteroatoms. The molecule has 1 aliphatic rings. The number of thiophene rings is 1. The van der Waals surface area contributed by atoms with Gasteiger partial charge in [0.1, 0.15) is 16.5 Å². The molecular formula is C15H22N4S. The Morgan fingerprint density at radius 1 is 1.35 bits per heavy atom. The fourth-order valence-electron chi connectivity index (χ4n) is 2.70. The average Bonchev–Trinajstić information content (AvgIpc) is 3.17. The van der Waals surface area contributed by atoms with Crippen molar-refractivity contribution in [2.45, 2.75) is 46.2 Å². The Hall–Kier alpha value is -1.20. The van der Waals surface area contributed by atoms with E-state index in [2.05, 4.69) is 37.7 Å². The van der Waals surface area contributed by atoms with E-state index >= 15 is 0 Å². The second kappa shape index (κ2) is 4.97. The fraction of sp³-hybridized carbons (Fsp3) is 0.600. The first-order chi connectivity index (χ1) is 9.47. The van der Waals surface area contributed by atoms with Crippen LogP contribution in [0.3, 0.4) is 0 Å². The predicted molar refractivity (Wildman–Crippen MR) is 85.0 cm³/mol. The highest BCUT2D eigenvalue weighted by Crippen LogP contribution is 2.35. The SMILES string of the molecule is Cc1sc2nc(CN(C)C(C)C3CC3)nc(N)c2c1C. The molecule has 1 saturated carbocycles. The number of nitrogen functional groups attached to an aromatic ring is 1. The molecule has 0 aliphatic heterocycles. The van der Waals surface area contributed by atoms with Crippen LogP contribution in [0, 0.1) is 19.8 Å². The first-order valence-corrected chi connectivity index (χ1v) is 8.01. The molecule has 0 aromatic carbocycles. The van der Waals surface area contributed by atoms with E-state index in [0.717, 1.165) is 28.5 Å². The molecule has 0 spiro atoms. The van der Waals surface area contributed by atoms with Gasteiger partial charge >= 0.3 is 0 Å². The molecule has 0 bridgehead atoms. The van der Waals surface area contributed by atoms with Crippen molar-refractivity contribution in [2.24, 2.45) is 5.92 Å². The molecule has 3 rings (SSSR count). The average molecular weight is 290 g/mol. The first kappa shape index (κ1) is 13.8. The van der Waals surface area contributed by atoms with E-state index < -0.39 is 0 Å². The number of aromatic nitrogens is 2. The third-order valence-corrected chi connectivity index (χ3v) is 5.59. The molecule has 2 aromatic rings. The summed E-state index contributed by atoms with van der Waals surface area (Å²) in [5.74, 6) is 2.32. The number of aryl methyl sites for hydroxylation is 2. The standard InChI is InChI=1S/C15H22N4S/c1-8-10(3)20-15-13(8)14(16)17-12(18-15)7-19(4)9(2)11-5-6-11/h9,11H,5-7H2,1-4H3,(H2,16,17,18). The van der Waals surface area contributed by atoms with Gasteiger partial charge in [0.05, 0.1) is 11.9 Å². The van der Waals surface area contributed by atoms with Crippen molar-refractivity contribution in [3.63, 3.8) is 0 Å². The Balaban J connectivity index is 1.88.